The molecule has 0 radical (unpaired) electrons. The molecule has 1 aromatic rings. The fraction of sp³-hybridized carbons (Fsp3) is 0.429. The Hall–Kier alpha value is -2.15. The van der Waals surface area contributed by atoms with Gasteiger partial charge in [-0.15, -0.1) is 0 Å². The average Bonchev–Trinajstić information content (AvgIpc) is 2.48. The lowest BCUT2D eigenvalue weighted by Gasteiger charge is -2.38. The molecule has 0 bridgehead atoms. The maximum Gasteiger partial charge on any atom is 0.410 e. The van der Waals surface area contributed by atoms with Crippen LogP contribution in [0.4, 0.5) is 9.18 Å². The number of alkyl halides is 1. The lowest BCUT2D eigenvalue weighted by atomic mass is 9.90. The molecule has 1 aromatic carbocycles. The van der Waals surface area contributed by atoms with Crippen LogP contribution in [0.2, 0.25) is 0 Å². The largest absolute Gasteiger partial charge is 0.479 e. The predicted molar refractivity (Wildman–Crippen MR) is 72.3 cm³/mol. The molecule has 1 fully saturated rings. The highest BCUT2D eigenvalue weighted by Crippen LogP contribution is 2.25. The SMILES string of the molecule is NC1CCN(C(=O)OCc2ccccc2)CC1(F)C(=O)O. The molecular formula is C14H17FN2O4. The van der Waals surface area contributed by atoms with Crippen LogP contribution in [0.15, 0.2) is 30.3 Å². The number of piperidine rings is 1. The van der Waals surface area contributed by atoms with E-state index in [1.54, 1.807) is 24.3 Å². The summed E-state index contributed by atoms with van der Waals surface area (Å²) in [5.74, 6) is -1.66. The first kappa shape index (κ1) is 15.2. The standard InChI is InChI=1S/C14H17FN2O4/c15-14(12(18)19)9-17(7-6-11(14)16)13(20)21-8-10-4-2-1-3-5-10/h1-5,11H,6-9,16H2,(H,18,19). The molecule has 114 valence electrons. The van der Waals surface area contributed by atoms with Gasteiger partial charge in [0.05, 0.1) is 12.6 Å². The van der Waals surface area contributed by atoms with Crippen molar-refractivity contribution in [3.63, 3.8) is 0 Å². The molecule has 0 saturated carbocycles. The maximum atomic E-state index is 14.3. The molecule has 2 rings (SSSR count). The van der Waals surface area contributed by atoms with Crippen LogP contribution >= 0.6 is 0 Å². The minimum Gasteiger partial charge on any atom is -0.479 e. The maximum absolute atomic E-state index is 14.3. The van der Waals surface area contributed by atoms with Crippen molar-refractivity contribution < 1.29 is 23.8 Å². The number of carboxylic acid groups (broad SMARTS) is 1. The van der Waals surface area contributed by atoms with Crippen LogP contribution in [0.5, 0.6) is 0 Å². The van der Waals surface area contributed by atoms with E-state index in [1.165, 1.54) is 0 Å². The number of nitrogens with two attached hydrogens (primary N) is 1. The van der Waals surface area contributed by atoms with E-state index in [0.717, 1.165) is 10.5 Å². The molecule has 21 heavy (non-hydrogen) atoms. The molecule has 3 N–H and O–H groups in total. The molecular weight excluding hydrogens is 279 g/mol. The van der Waals surface area contributed by atoms with Gasteiger partial charge in [-0.05, 0) is 12.0 Å². The van der Waals surface area contributed by atoms with Crippen LogP contribution in [0.25, 0.3) is 0 Å². The molecule has 0 aromatic heterocycles. The normalized spacial score (nSPS) is 25.4. The second-order valence-electron chi connectivity index (χ2n) is 5.02. The molecule has 0 spiro atoms. The number of nitrogens with zero attached hydrogens (tertiary/aromatic N) is 1. The van der Waals surface area contributed by atoms with Gasteiger partial charge < -0.3 is 20.5 Å². The summed E-state index contributed by atoms with van der Waals surface area (Å²) in [6.07, 6.45) is -0.669. The zero-order chi connectivity index (χ0) is 15.5. The van der Waals surface area contributed by atoms with Gasteiger partial charge in [-0.25, -0.2) is 14.0 Å². The fourth-order valence-corrected chi connectivity index (χ4v) is 2.19. The quantitative estimate of drug-likeness (QED) is 0.872. The van der Waals surface area contributed by atoms with Crippen LogP contribution in [-0.4, -0.2) is 46.9 Å². The average molecular weight is 296 g/mol. The lowest BCUT2D eigenvalue weighted by molar-refractivity contribution is -0.155. The monoisotopic (exact) mass is 296 g/mol. The van der Waals surface area contributed by atoms with Crippen molar-refractivity contribution in [2.75, 3.05) is 13.1 Å². The number of halogens is 1. The number of hydrogen-bond donors (Lipinski definition) is 2. The molecule has 1 heterocycles. The van der Waals surface area contributed by atoms with Gasteiger partial charge in [-0.1, -0.05) is 30.3 Å². The molecule has 1 saturated heterocycles. The molecule has 1 amide bonds. The van der Waals surface area contributed by atoms with Crippen molar-refractivity contribution in [3.8, 4) is 0 Å². The number of hydrogen-bond acceptors (Lipinski definition) is 4. The molecule has 1 aliphatic heterocycles. The number of carbonyl (C=O) groups is 2. The highest BCUT2D eigenvalue weighted by molar-refractivity contribution is 5.80. The summed E-state index contributed by atoms with van der Waals surface area (Å²) in [5.41, 5.74) is 3.67. The van der Waals surface area contributed by atoms with E-state index in [2.05, 4.69) is 0 Å². The second-order valence-corrected chi connectivity index (χ2v) is 5.02. The van der Waals surface area contributed by atoms with E-state index in [9.17, 15) is 14.0 Å². The van der Waals surface area contributed by atoms with Gasteiger partial charge in [0.25, 0.3) is 0 Å². The number of amides is 1. The summed E-state index contributed by atoms with van der Waals surface area (Å²) in [6.45, 7) is -0.376. The third-order valence-electron chi connectivity index (χ3n) is 3.54. The zero-order valence-corrected chi connectivity index (χ0v) is 11.4. The van der Waals surface area contributed by atoms with Gasteiger partial charge in [0, 0.05) is 6.54 Å². The Morgan fingerprint density at radius 2 is 2.10 bits per heavy atom. The fourth-order valence-electron chi connectivity index (χ4n) is 2.19. The minimum absolute atomic E-state index is 0.0502. The Labute approximate surface area is 121 Å². The van der Waals surface area contributed by atoms with E-state index in [0.29, 0.717) is 0 Å². The van der Waals surface area contributed by atoms with E-state index in [1.807, 2.05) is 6.07 Å². The minimum atomic E-state index is -2.63. The van der Waals surface area contributed by atoms with Gasteiger partial charge in [0.2, 0.25) is 5.67 Å². The van der Waals surface area contributed by atoms with Gasteiger partial charge >= 0.3 is 12.1 Å². The topological polar surface area (TPSA) is 92.9 Å². The molecule has 2 atom stereocenters. The summed E-state index contributed by atoms with van der Waals surface area (Å²) < 4.78 is 19.4. The number of ether oxygens (including phenoxy) is 1. The Morgan fingerprint density at radius 3 is 2.71 bits per heavy atom. The number of likely N-dealkylation sites (tertiary alicyclic amines) is 1. The van der Waals surface area contributed by atoms with Crippen molar-refractivity contribution in [1.82, 2.24) is 4.90 Å². The Morgan fingerprint density at radius 1 is 1.43 bits per heavy atom. The molecule has 1 aliphatic rings. The van der Waals surface area contributed by atoms with Gasteiger partial charge in [0.1, 0.15) is 6.61 Å². The van der Waals surface area contributed by atoms with E-state index < -0.39 is 30.3 Å². The zero-order valence-electron chi connectivity index (χ0n) is 11.4. The first-order valence-electron chi connectivity index (χ1n) is 6.57. The van der Waals surface area contributed by atoms with Crippen LogP contribution < -0.4 is 5.73 Å². The first-order chi connectivity index (χ1) is 9.93. The Bertz CT molecular complexity index is 525. The predicted octanol–water partition coefficient (Wildman–Crippen LogP) is 1.15. The number of rotatable bonds is 3. The smallest absolute Gasteiger partial charge is 0.410 e. The van der Waals surface area contributed by atoms with Crippen molar-refractivity contribution in [2.45, 2.75) is 24.7 Å². The van der Waals surface area contributed by atoms with Crippen molar-refractivity contribution in [3.05, 3.63) is 35.9 Å². The van der Waals surface area contributed by atoms with Crippen LogP contribution in [0.3, 0.4) is 0 Å². The van der Waals surface area contributed by atoms with Gasteiger partial charge in [-0.2, -0.15) is 0 Å². The number of benzene rings is 1. The van der Waals surface area contributed by atoms with Crippen molar-refractivity contribution in [1.29, 1.82) is 0 Å². The summed E-state index contributed by atoms with van der Waals surface area (Å²) >= 11 is 0. The van der Waals surface area contributed by atoms with E-state index in [4.69, 9.17) is 15.6 Å². The molecule has 6 nitrogen and oxygen atoms in total. The number of aliphatic carboxylic acids is 1. The number of carboxylic acids is 1. The summed E-state index contributed by atoms with van der Waals surface area (Å²) in [7, 11) is 0. The Kier molecular flexibility index (Phi) is 4.42. The van der Waals surface area contributed by atoms with Gasteiger partial charge in [-0.3, -0.25) is 0 Å². The third-order valence-corrected chi connectivity index (χ3v) is 3.54. The third kappa shape index (κ3) is 3.30. The van der Waals surface area contributed by atoms with Crippen molar-refractivity contribution >= 4 is 12.1 Å². The van der Waals surface area contributed by atoms with Crippen molar-refractivity contribution in [2.24, 2.45) is 5.73 Å². The second kappa shape index (κ2) is 6.09. The molecule has 7 heteroatoms. The van der Waals surface area contributed by atoms with Gasteiger partial charge in [0.15, 0.2) is 0 Å². The summed E-state index contributed by atoms with van der Waals surface area (Å²) in [5, 5.41) is 8.94. The summed E-state index contributed by atoms with van der Waals surface area (Å²) in [4.78, 5) is 23.9. The highest BCUT2D eigenvalue weighted by Gasteiger charge is 2.50. The first-order valence-corrected chi connectivity index (χ1v) is 6.57. The number of carbonyl (C=O) groups excluding carboxylic acids is 1. The van der Waals surface area contributed by atoms with E-state index >= 15 is 0 Å². The van der Waals surface area contributed by atoms with Crippen LogP contribution in [0, 0.1) is 0 Å². The van der Waals surface area contributed by atoms with E-state index in [-0.39, 0.29) is 19.6 Å². The lowest BCUT2D eigenvalue weighted by Crippen LogP contribution is -2.62. The molecule has 0 aliphatic carbocycles. The Balaban J connectivity index is 1.95. The molecule has 2 unspecified atom stereocenters. The van der Waals surface area contributed by atoms with Crippen LogP contribution in [0.1, 0.15) is 12.0 Å². The summed E-state index contributed by atoms with van der Waals surface area (Å²) in [6, 6.07) is 7.89. The van der Waals surface area contributed by atoms with Crippen LogP contribution in [-0.2, 0) is 16.1 Å². The highest BCUT2D eigenvalue weighted by atomic mass is 19.1.